The molecule has 2 rings (SSSR count). The molecule has 4 heteroatoms. The summed E-state index contributed by atoms with van der Waals surface area (Å²) in [5.41, 5.74) is 6.59. The summed E-state index contributed by atoms with van der Waals surface area (Å²) in [5, 5.41) is 2.99. The number of hydrogen-bond acceptors (Lipinski definition) is 2. The molecule has 3 nitrogen and oxygen atoms in total. The zero-order valence-corrected chi connectivity index (χ0v) is 12.2. The Hall–Kier alpha value is -1.58. The first-order chi connectivity index (χ1) is 9.49. The van der Waals surface area contributed by atoms with Gasteiger partial charge in [0.05, 0.1) is 5.56 Å². The van der Waals surface area contributed by atoms with Crippen molar-refractivity contribution in [1.82, 2.24) is 5.32 Å². The zero-order valence-electron chi connectivity index (χ0n) is 12.2. The van der Waals surface area contributed by atoms with E-state index in [1.54, 1.807) is 13.0 Å². The molecule has 3 N–H and O–H groups in total. The Balaban J connectivity index is 2.15. The van der Waals surface area contributed by atoms with Gasteiger partial charge in [0, 0.05) is 11.7 Å². The molecule has 20 heavy (non-hydrogen) atoms. The third-order valence-corrected chi connectivity index (χ3v) is 4.20. The molecular weight excluding hydrogens is 255 g/mol. The van der Waals surface area contributed by atoms with E-state index in [1.807, 2.05) is 0 Å². The normalized spacial score (nSPS) is 23.1. The topological polar surface area (TPSA) is 55.1 Å². The minimum absolute atomic E-state index is 0.0546. The largest absolute Gasteiger partial charge is 0.399 e. The van der Waals surface area contributed by atoms with Gasteiger partial charge in [-0.15, -0.1) is 0 Å². The maximum absolute atomic E-state index is 14.0. The van der Waals surface area contributed by atoms with Crippen molar-refractivity contribution in [2.75, 3.05) is 5.73 Å². The number of anilines is 1. The molecule has 110 valence electrons. The highest BCUT2D eigenvalue weighted by molar-refractivity contribution is 5.95. The fourth-order valence-corrected chi connectivity index (χ4v) is 2.92. The van der Waals surface area contributed by atoms with Crippen molar-refractivity contribution in [2.24, 2.45) is 5.92 Å². The van der Waals surface area contributed by atoms with Crippen LogP contribution >= 0.6 is 0 Å². The number of nitrogens with two attached hydrogens (primary N) is 1. The number of hydrogen-bond donors (Lipinski definition) is 2. The number of aryl methyl sites for hydroxylation is 1. The van der Waals surface area contributed by atoms with Crippen LogP contribution in [-0.4, -0.2) is 11.9 Å². The van der Waals surface area contributed by atoms with Gasteiger partial charge in [0.2, 0.25) is 0 Å². The first kappa shape index (κ1) is 14.8. The number of nitrogen functional groups attached to an aromatic ring is 1. The van der Waals surface area contributed by atoms with Crippen molar-refractivity contribution in [1.29, 1.82) is 0 Å². The number of carbonyl (C=O) groups is 1. The molecule has 0 radical (unpaired) electrons. The van der Waals surface area contributed by atoms with Crippen LogP contribution in [-0.2, 0) is 0 Å². The lowest BCUT2D eigenvalue weighted by Crippen LogP contribution is -2.39. The van der Waals surface area contributed by atoms with E-state index in [2.05, 4.69) is 12.2 Å². The predicted molar refractivity (Wildman–Crippen MR) is 79.1 cm³/mol. The van der Waals surface area contributed by atoms with Crippen LogP contribution in [0.2, 0.25) is 0 Å². The quantitative estimate of drug-likeness (QED) is 0.643. The highest BCUT2D eigenvalue weighted by Crippen LogP contribution is 2.24. The van der Waals surface area contributed by atoms with Crippen LogP contribution in [0.15, 0.2) is 12.1 Å². The van der Waals surface area contributed by atoms with E-state index >= 15 is 0 Å². The molecule has 1 amide bonds. The highest BCUT2D eigenvalue weighted by Gasteiger charge is 2.23. The summed E-state index contributed by atoms with van der Waals surface area (Å²) in [7, 11) is 0. The number of carbonyl (C=O) groups excluding carboxylic acids is 1. The second-order valence-corrected chi connectivity index (χ2v) is 5.89. The maximum Gasteiger partial charge on any atom is 0.254 e. The summed E-state index contributed by atoms with van der Waals surface area (Å²) < 4.78 is 14.0. The maximum atomic E-state index is 14.0. The van der Waals surface area contributed by atoms with Crippen molar-refractivity contribution in [3.8, 4) is 0 Å². The second kappa shape index (κ2) is 6.25. The average Bonchev–Trinajstić information content (AvgIpc) is 2.59. The van der Waals surface area contributed by atoms with E-state index in [0.29, 0.717) is 17.2 Å². The summed E-state index contributed by atoms with van der Waals surface area (Å²) in [5.74, 6) is -0.388. The van der Waals surface area contributed by atoms with Crippen molar-refractivity contribution < 1.29 is 9.18 Å². The Kier molecular flexibility index (Phi) is 4.63. The lowest BCUT2D eigenvalue weighted by molar-refractivity contribution is 0.0917. The van der Waals surface area contributed by atoms with Gasteiger partial charge < -0.3 is 11.1 Å². The molecule has 1 fully saturated rings. The molecular formula is C16H23FN2O. The number of nitrogens with one attached hydrogen (secondary N) is 1. The van der Waals surface area contributed by atoms with Crippen LogP contribution in [0.25, 0.3) is 0 Å². The third-order valence-electron chi connectivity index (χ3n) is 4.20. The number of benzene rings is 1. The monoisotopic (exact) mass is 278 g/mol. The molecule has 1 aliphatic rings. The second-order valence-electron chi connectivity index (χ2n) is 5.89. The smallest absolute Gasteiger partial charge is 0.254 e. The first-order valence-electron chi connectivity index (χ1n) is 7.35. The summed E-state index contributed by atoms with van der Waals surface area (Å²) in [4.78, 5) is 12.3. The lowest BCUT2D eigenvalue weighted by Gasteiger charge is -2.23. The number of amides is 1. The van der Waals surface area contributed by atoms with E-state index in [-0.39, 0.29) is 17.5 Å². The van der Waals surface area contributed by atoms with Gasteiger partial charge >= 0.3 is 0 Å². The Bertz CT molecular complexity index is 501. The van der Waals surface area contributed by atoms with Gasteiger partial charge in [-0.25, -0.2) is 4.39 Å². The van der Waals surface area contributed by atoms with E-state index in [4.69, 9.17) is 5.73 Å². The summed E-state index contributed by atoms with van der Waals surface area (Å²) in [6, 6.07) is 3.09. The Labute approximate surface area is 119 Å². The zero-order chi connectivity index (χ0) is 14.7. The first-order valence-corrected chi connectivity index (χ1v) is 7.35. The van der Waals surface area contributed by atoms with Crippen molar-refractivity contribution in [2.45, 2.75) is 52.0 Å². The predicted octanol–water partition coefficient (Wildman–Crippen LogP) is 3.41. The SMILES string of the molecule is Cc1cc(N)cc(C(=O)NC2CCCCCC2C)c1F. The molecule has 0 spiro atoms. The number of halogens is 1. The van der Waals surface area contributed by atoms with Crippen LogP contribution in [0.3, 0.4) is 0 Å². The molecule has 0 bridgehead atoms. The van der Waals surface area contributed by atoms with Crippen LogP contribution in [0.1, 0.15) is 54.9 Å². The van der Waals surface area contributed by atoms with E-state index in [0.717, 1.165) is 19.3 Å². The highest BCUT2D eigenvalue weighted by atomic mass is 19.1. The molecule has 1 aromatic carbocycles. The lowest BCUT2D eigenvalue weighted by atomic mass is 9.96. The van der Waals surface area contributed by atoms with Crippen LogP contribution < -0.4 is 11.1 Å². The Morgan fingerprint density at radius 3 is 2.75 bits per heavy atom. The third kappa shape index (κ3) is 3.30. The molecule has 0 saturated heterocycles. The van der Waals surface area contributed by atoms with Gasteiger partial charge in [-0.2, -0.15) is 0 Å². The Morgan fingerprint density at radius 2 is 2.00 bits per heavy atom. The standard InChI is InChI=1S/C16H23FN2O/c1-10-6-4-3-5-7-14(10)19-16(20)13-9-12(18)8-11(2)15(13)17/h8-10,14H,3-7,18H2,1-2H3,(H,19,20). The summed E-state index contributed by atoms with van der Waals surface area (Å²) in [6.07, 6.45) is 5.62. The van der Waals surface area contributed by atoms with Gasteiger partial charge in [0.15, 0.2) is 0 Å². The minimum atomic E-state index is -0.474. The average molecular weight is 278 g/mol. The summed E-state index contributed by atoms with van der Waals surface area (Å²) in [6.45, 7) is 3.77. The van der Waals surface area contributed by atoms with Crippen LogP contribution in [0.4, 0.5) is 10.1 Å². The van der Waals surface area contributed by atoms with Crippen molar-refractivity contribution in [3.63, 3.8) is 0 Å². The van der Waals surface area contributed by atoms with Crippen molar-refractivity contribution in [3.05, 3.63) is 29.1 Å². The molecule has 0 aliphatic heterocycles. The van der Waals surface area contributed by atoms with E-state index < -0.39 is 5.82 Å². The Morgan fingerprint density at radius 1 is 1.30 bits per heavy atom. The van der Waals surface area contributed by atoms with E-state index in [9.17, 15) is 9.18 Å². The minimum Gasteiger partial charge on any atom is -0.399 e. The van der Waals surface area contributed by atoms with Gasteiger partial charge in [-0.3, -0.25) is 4.79 Å². The fourth-order valence-electron chi connectivity index (χ4n) is 2.92. The van der Waals surface area contributed by atoms with E-state index in [1.165, 1.54) is 18.9 Å². The molecule has 2 unspecified atom stereocenters. The van der Waals surface area contributed by atoms with Gasteiger partial charge in [0.25, 0.3) is 5.91 Å². The molecule has 2 atom stereocenters. The fraction of sp³-hybridized carbons (Fsp3) is 0.562. The van der Waals surface area contributed by atoms with Crippen molar-refractivity contribution >= 4 is 11.6 Å². The molecule has 0 heterocycles. The molecule has 1 aromatic rings. The van der Waals surface area contributed by atoms with Gasteiger partial charge in [-0.1, -0.05) is 26.2 Å². The molecule has 1 saturated carbocycles. The molecule has 0 aromatic heterocycles. The molecule has 1 aliphatic carbocycles. The number of rotatable bonds is 2. The van der Waals surface area contributed by atoms with Crippen LogP contribution in [0.5, 0.6) is 0 Å². The van der Waals surface area contributed by atoms with Gasteiger partial charge in [0.1, 0.15) is 5.82 Å². The van der Waals surface area contributed by atoms with Crippen LogP contribution in [0, 0.1) is 18.7 Å². The van der Waals surface area contributed by atoms with Gasteiger partial charge in [-0.05, 0) is 43.4 Å². The summed E-state index contributed by atoms with van der Waals surface area (Å²) >= 11 is 0.